The quantitative estimate of drug-likeness (QED) is 0.638. The van der Waals surface area contributed by atoms with Crippen LogP contribution in [0.2, 0.25) is 0 Å². The molecule has 0 aromatic heterocycles. The Morgan fingerprint density at radius 2 is 2.08 bits per heavy atom. The summed E-state index contributed by atoms with van der Waals surface area (Å²) in [5, 5.41) is 0.456. The fourth-order valence-corrected chi connectivity index (χ4v) is 2.71. The highest BCUT2D eigenvalue weighted by Gasteiger charge is 2.31. The maximum atomic E-state index is 11.1. The normalized spacial score (nSPS) is 27.2. The van der Waals surface area contributed by atoms with E-state index in [1.54, 1.807) is 6.92 Å². The molecule has 74 valence electrons. The summed E-state index contributed by atoms with van der Waals surface area (Å²) < 4.78 is 4.65. The summed E-state index contributed by atoms with van der Waals surface area (Å²) >= 11 is 1.35. The monoisotopic (exact) mass is 202 g/mol. The van der Waals surface area contributed by atoms with Gasteiger partial charge in [0.1, 0.15) is 0 Å². The van der Waals surface area contributed by atoms with E-state index in [4.69, 9.17) is 0 Å². The molecule has 0 aliphatic heterocycles. The highest BCUT2D eigenvalue weighted by molar-refractivity contribution is 8.14. The number of hydrogen-bond acceptors (Lipinski definition) is 4. The third-order valence-electron chi connectivity index (χ3n) is 2.25. The zero-order valence-electron chi connectivity index (χ0n) is 7.91. The lowest BCUT2D eigenvalue weighted by atomic mass is 10.1. The van der Waals surface area contributed by atoms with Gasteiger partial charge in [-0.1, -0.05) is 11.8 Å². The van der Waals surface area contributed by atoms with Crippen molar-refractivity contribution in [3.05, 3.63) is 0 Å². The van der Waals surface area contributed by atoms with Crippen LogP contribution in [0.15, 0.2) is 0 Å². The van der Waals surface area contributed by atoms with Crippen LogP contribution in [0.3, 0.4) is 0 Å². The largest absolute Gasteiger partial charge is 0.469 e. The lowest BCUT2D eigenvalue weighted by Gasteiger charge is -2.07. The molecule has 0 radical (unpaired) electrons. The van der Waals surface area contributed by atoms with Crippen molar-refractivity contribution < 1.29 is 14.3 Å². The van der Waals surface area contributed by atoms with E-state index < -0.39 is 0 Å². The van der Waals surface area contributed by atoms with Crippen molar-refractivity contribution in [3.8, 4) is 0 Å². The van der Waals surface area contributed by atoms with Crippen molar-refractivity contribution in [1.29, 1.82) is 0 Å². The average Bonchev–Trinajstić information content (AvgIpc) is 2.50. The summed E-state index contributed by atoms with van der Waals surface area (Å²) in [5.41, 5.74) is 0. The molecule has 1 aliphatic carbocycles. The molecular weight excluding hydrogens is 188 g/mol. The second-order valence-corrected chi connectivity index (χ2v) is 4.74. The predicted octanol–water partition coefficient (Wildman–Crippen LogP) is 1.61. The lowest BCUT2D eigenvalue weighted by Crippen LogP contribution is -2.13. The molecule has 2 atom stereocenters. The molecule has 1 aliphatic rings. The Kier molecular flexibility index (Phi) is 3.78. The standard InChI is InChI=1S/C9H14O3S/c1-6(10)13-8-4-3-7(5-8)9(11)12-2/h7-8H,3-5H2,1-2H3. The average molecular weight is 202 g/mol. The molecule has 0 saturated heterocycles. The molecule has 3 nitrogen and oxygen atoms in total. The zero-order valence-corrected chi connectivity index (χ0v) is 8.73. The number of carbonyl (C=O) groups excluding carboxylic acids is 2. The number of carbonyl (C=O) groups is 2. The molecule has 1 rings (SSSR count). The summed E-state index contributed by atoms with van der Waals surface area (Å²) in [6, 6.07) is 0. The second kappa shape index (κ2) is 4.65. The van der Waals surface area contributed by atoms with Gasteiger partial charge < -0.3 is 4.74 Å². The van der Waals surface area contributed by atoms with E-state index in [9.17, 15) is 9.59 Å². The first kappa shape index (κ1) is 10.6. The number of hydrogen-bond donors (Lipinski definition) is 0. The Labute approximate surface area is 82.2 Å². The highest BCUT2D eigenvalue weighted by atomic mass is 32.2. The molecule has 0 spiro atoms. The van der Waals surface area contributed by atoms with Gasteiger partial charge in [-0.3, -0.25) is 9.59 Å². The van der Waals surface area contributed by atoms with Crippen molar-refractivity contribution in [2.45, 2.75) is 31.4 Å². The molecule has 0 aromatic carbocycles. The van der Waals surface area contributed by atoms with Gasteiger partial charge >= 0.3 is 5.97 Å². The van der Waals surface area contributed by atoms with Crippen molar-refractivity contribution in [2.24, 2.45) is 5.92 Å². The van der Waals surface area contributed by atoms with Gasteiger partial charge in [-0.05, 0) is 19.3 Å². The van der Waals surface area contributed by atoms with E-state index in [0.717, 1.165) is 19.3 Å². The van der Waals surface area contributed by atoms with Crippen molar-refractivity contribution in [3.63, 3.8) is 0 Å². The Morgan fingerprint density at radius 3 is 2.62 bits per heavy atom. The van der Waals surface area contributed by atoms with Crippen LogP contribution in [0.5, 0.6) is 0 Å². The first-order valence-electron chi connectivity index (χ1n) is 4.38. The van der Waals surface area contributed by atoms with Gasteiger partial charge in [0.05, 0.1) is 13.0 Å². The second-order valence-electron chi connectivity index (χ2n) is 3.26. The Balaban J connectivity index is 2.36. The van der Waals surface area contributed by atoms with Gasteiger partial charge in [0, 0.05) is 12.2 Å². The maximum absolute atomic E-state index is 11.1. The van der Waals surface area contributed by atoms with E-state index in [2.05, 4.69) is 4.74 Å². The van der Waals surface area contributed by atoms with Crippen molar-refractivity contribution in [1.82, 2.24) is 0 Å². The molecule has 0 heterocycles. The molecule has 0 aromatic rings. The minimum Gasteiger partial charge on any atom is -0.469 e. The molecular formula is C9H14O3S. The maximum Gasteiger partial charge on any atom is 0.308 e. The van der Waals surface area contributed by atoms with Crippen LogP contribution < -0.4 is 0 Å². The van der Waals surface area contributed by atoms with Crippen LogP contribution in [0.1, 0.15) is 26.2 Å². The first-order valence-corrected chi connectivity index (χ1v) is 5.26. The molecule has 0 amide bonds. The van der Waals surface area contributed by atoms with Crippen molar-refractivity contribution >= 4 is 22.8 Å². The Hall–Kier alpha value is -0.510. The van der Waals surface area contributed by atoms with Gasteiger partial charge in [-0.25, -0.2) is 0 Å². The van der Waals surface area contributed by atoms with Gasteiger partial charge in [-0.15, -0.1) is 0 Å². The number of ether oxygens (including phenoxy) is 1. The fraction of sp³-hybridized carbons (Fsp3) is 0.778. The summed E-state index contributed by atoms with van der Waals surface area (Å²) in [5.74, 6) is -0.117. The molecule has 4 heteroatoms. The van der Waals surface area contributed by atoms with Gasteiger partial charge in [-0.2, -0.15) is 0 Å². The number of methoxy groups -OCH3 is 1. The first-order chi connectivity index (χ1) is 6.13. The van der Waals surface area contributed by atoms with E-state index in [0.29, 0.717) is 5.25 Å². The number of thioether (sulfide) groups is 1. The number of rotatable bonds is 2. The molecule has 2 unspecified atom stereocenters. The zero-order chi connectivity index (χ0) is 9.84. The van der Waals surface area contributed by atoms with Gasteiger partial charge in [0.25, 0.3) is 0 Å². The summed E-state index contributed by atoms with van der Waals surface area (Å²) in [6.07, 6.45) is 2.60. The van der Waals surface area contributed by atoms with Crippen LogP contribution >= 0.6 is 11.8 Å². The van der Waals surface area contributed by atoms with Crippen LogP contribution in [-0.2, 0) is 14.3 Å². The summed E-state index contributed by atoms with van der Waals surface area (Å²) in [4.78, 5) is 21.9. The lowest BCUT2D eigenvalue weighted by molar-refractivity contribution is -0.145. The molecule has 0 N–H and O–H groups in total. The highest BCUT2D eigenvalue weighted by Crippen LogP contribution is 2.34. The van der Waals surface area contributed by atoms with Crippen LogP contribution in [0.4, 0.5) is 0 Å². The number of esters is 1. The van der Waals surface area contributed by atoms with Crippen LogP contribution in [0, 0.1) is 5.92 Å². The molecule has 0 bridgehead atoms. The SMILES string of the molecule is COC(=O)C1CCC(SC(C)=O)C1. The molecule has 1 saturated carbocycles. The van der Waals surface area contributed by atoms with E-state index in [1.807, 2.05) is 0 Å². The van der Waals surface area contributed by atoms with Gasteiger partial charge in [0.15, 0.2) is 5.12 Å². The third kappa shape index (κ3) is 3.03. The molecule has 13 heavy (non-hydrogen) atoms. The predicted molar refractivity (Wildman–Crippen MR) is 51.4 cm³/mol. The summed E-state index contributed by atoms with van der Waals surface area (Å²) in [7, 11) is 1.41. The van der Waals surface area contributed by atoms with Crippen LogP contribution in [-0.4, -0.2) is 23.4 Å². The van der Waals surface area contributed by atoms with E-state index in [-0.39, 0.29) is 17.0 Å². The molecule has 1 fully saturated rings. The van der Waals surface area contributed by atoms with Crippen LogP contribution in [0.25, 0.3) is 0 Å². The minimum atomic E-state index is -0.133. The topological polar surface area (TPSA) is 43.4 Å². The third-order valence-corrected chi connectivity index (χ3v) is 3.35. The minimum absolute atomic E-state index is 0.0156. The Morgan fingerprint density at radius 1 is 1.38 bits per heavy atom. The van der Waals surface area contributed by atoms with E-state index >= 15 is 0 Å². The summed E-state index contributed by atoms with van der Waals surface area (Å²) in [6.45, 7) is 1.57. The van der Waals surface area contributed by atoms with Gasteiger partial charge in [0.2, 0.25) is 0 Å². The van der Waals surface area contributed by atoms with Crippen molar-refractivity contribution in [2.75, 3.05) is 7.11 Å². The smallest absolute Gasteiger partial charge is 0.308 e. The van der Waals surface area contributed by atoms with E-state index in [1.165, 1.54) is 18.9 Å². The fourth-order valence-electron chi connectivity index (χ4n) is 1.66. The Bertz CT molecular complexity index is 215.